The van der Waals surface area contributed by atoms with Crippen molar-refractivity contribution in [1.82, 2.24) is 4.90 Å². The van der Waals surface area contributed by atoms with Crippen LogP contribution in [0.3, 0.4) is 0 Å². The minimum atomic E-state index is -4.57. The summed E-state index contributed by atoms with van der Waals surface area (Å²) in [7, 11) is 0. The van der Waals surface area contributed by atoms with Crippen molar-refractivity contribution < 1.29 is 32.3 Å². The Kier molecular flexibility index (Phi) is 6.92. The molecule has 3 aromatic carbocycles. The topological polar surface area (TPSA) is 75.7 Å². The predicted octanol–water partition coefficient (Wildman–Crippen LogP) is 6.17. The first kappa shape index (κ1) is 24.1. The van der Waals surface area contributed by atoms with E-state index >= 15 is 0 Å². The van der Waals surface area contributed by atoms with Gasteiger partial charge in [0.25, 0.3) is 11.1 Å². The van der Waals surface area contributed by atoms with Crippen molar-refractivity contribution in [3.8, 4) is 11.5 Å². The molecule has 0 atom stereocenters. The summed E-state index contributed by atoms with van der Waals surface area (Å²) >= 11 is 0.670. The number of ether oxygens (including phenoxy) is 1. The first-order valence-electron chi connectivity index (χ1n) is 10.2. The molecular weight excluding hydrogens is 481 g/mol. The lowest BCUT2D eigenvalue weighted by molar-refractivity contribution is -0.137. The van der Waals surface area contributed by atoms with Crippen LogP contribution in [0, 0.1) is 0 Å². The second-order valence-electron chi connectivity index (χ2n) is 7.38. The van der Waals surface area contributed by atoms with Crippen molar-refractivity contribution in [2.24, 2.45) is 0 Å². The highest BCUT2D eigenvalue weighted by atomic mass is 32.2. The number of thioether (sulfide) groups is 1. The van der Waals surface area contributed by atoms with E-state index in [-0.39, 0.29) is 10.6 Å². The number of nitrogens with zero attached hydrogens (tertiary/aromatic N) is 1. The van der Waals surface area contributed by atoms with E-state index < -0.39 is 35.3 Å². The summed E-state index contributed by atoms with van der Waals surface area (Å²) in [6, 6.07) is 20.1. The van der Waals surface area contributed by atoms with Gasteiger partial charge in [-0.3, -0.25) is 19.3 Å². The molecule has 0 spiro atoms. The Morgan fingerprint density at radius 2 is 1.66 bits per heavy atom. The largest absolute Gasteiger partial charge is 0.457 e. The molecule has 1 aliphatic heterocycles. The van der Waals surface area contributed by atoms with Crippen LogP contribution in [-0.4, -0.2) is 28.5 Å². The number of carbonyl (C=O) groups excluding carboxylic acids is 3. The smallest absolute Gasteiger partial charge is 0.416 e. The SMILES string of the molecule is O=C(CN1C(=O)S/C(=C\c2cccc(Oc3ccccc3)c2)C1=O)Nc1cccc(C(F)(F)F)c1. The van der Waals surface area contributed by atoms with E-state index in [0.717, 1.165) is 23.1 Å². The fourth-order valence-corrected chi connectivity index (χ4v) is 4.04. The van der Waals surface area contributed by atoms with Crippen molar-refractivity contribution in [3.05, 3.63) is 94.9 Å². The lowest BCUT2D eigenvalue weighted by Crippen LogP contribution is -2.36. The Labute approximate surface area is 202 Å². The van der Waals surface area contributed by atoms with Gasteiger partial charge >= 0.3 is 6.18 Å². The number of amides is 3. The van der Waals surface area contributed by atoms with Gasteiger partial charge in [0, 0.05) is 5.69 Å². The van der Waals surface area contributed by atoms with E-state index in [2.05, 4.69) is 5.32 Å². The van der Waals surface area contributed by atoms with Crippen molar-refractivity contribution >= 4 is 40.6 Å². The maximum Gasteiger partial charge on any atom is 0.416 e. The normalized spacial score (nSPS) is 14.9. The fraction of sp³-hybridized carbons (Fsp3) is 0.0800. The molecular formula is C25H17F3N2O4S. The molecule has 1 fully saturated rings. The van der Waals surface area contributed by atoms with Gasteiger partial charge in [0.1, 0.15) is 18.0 Å². The first-order valence-corrected chi connectivity index (χ1v) is 11.1. The third kappa shape index (κ3) is 6.10. The van der Waals surface area contributed by atoms with E-state index in [4.69, 9.17) is 4.74 Å². The van der Waals surface area contributed by atoms with Crippen LogP contribution in [0.2, 0.25) is 0 Å². The van der Waals surface area contributed by atoms with Crippen molar-refractivity contribution in [1.29, 1.82) is 0 Å². The monoisotopic (exact) mass is 498 g/mol. The zero-order valence-electron chi connectivity index (χ0n) is 17.9. The fourth-order valence-electron chi connectivity index (χ4n) is 3.20. The molecule has 0 radical (unpaired) electrons. The van der Waals surface area contributed by atoms with Gasteiger partial charge in [-0.25, -0.2) is 0 Å². The highest BCUT2D eigenvalue weighted by Crippen LogP contribution is 2.33. The molecule has 3 amide bonds. The molecule has 6 nitrogen and oxygen atoms in total. The van der Waals surface area contributed by atoms with E-state index in [1.54, 1.807) is 36.4 Å². The summed E-state index contributed by atoms with van der Waals surface area (Å²) in [6.45, 7) is -0.630. The van der Waals surface area contributed by atoms with Crippen LogP contribution in [0.4, 0.5) is 23.7 Å². The van der Waals surface area contributed by atoms with Crippen molar-refractivity contribution in [2.75, 3.05) is 11.9 Å². The van der Waals surface area contributed by atoms with E-state index in [9.17, 15) is 27.6 Å². The zero-order chi connectivity index (χ0) is 25.0. The minimum absolute atomic E-state index is 0.0948. The second-order valence-corrected chi connectivity index (χ2v) is 8.38. The Balaban J connectivity index is 1.43. The Morgan fingerprint density at radius 1 is 0.943 bits per heavy atom. The van der Waals surface area contributed by atoms with Crippen LogP contribution in [0.15, 0.2) is 83.8 Å². The van der Waals surface area contributed by atoms with Gasteiger partial charge in [0.05, 0.1) is 10.5 Å². The molecule has 3 aromatic rings. The molecule has 178 valence electrons. The molecule has 1 N–H and O–H groups in total. The number of alkyl halides is 3. The van der Waals surface area contributed by atoms with E-state index in [1.807, 2.05) is 18.2 Å². The van der Waals surface area contributed by atoms with Gasteiger partial charge in [-0.1, -0.05) is 36.4 Å². The number of para-hydroxylation sites is 1. The van der Waals surface area contributed by atoms with E-state index in [1.165, 1.54) is 12.1 Å². The molecule has 1 heterocycles. The summed E-state index contributed by atoms with van der Waals surface area (Å²) in [6.07, 6.45) is -3.06. The Morgan fingerprint density at radius 3 is 2.40 bits per heavy atom. The minimum Gasteiger partial charge on any atom is -0.457 e. The lowest BCUT2D eigenvalue weighted by atomic mass is 10.2. The number of hydrogen-bond donors (Lipinski definition) is 1. The van der Waals surface area contributed by atoms with Crippen LogP contribution in [0.1, 0.15) is 11.1 Å². The number of anilines is 1. The number of carbonyl (C=O) groups is 3. The summed E-state index contributed by atoms with van der Waals surface area (Å²) in [5.74, 6) is -0.305. The summed E-state index contributed by atoms with van der Waals surface area (Å²) in [5, 5.41) is 1.63. The number of benzene rings is 3. The number of halogens is 3. The van der Waals surface area contributed by atoms with Crippen LogP contribution >= 0.6 is 11.8 Å². The van der Waals surface area contributed by atoms with Gasteiger partial charge in [0.2, 0.25) is 5.91 Å². The molecule has 4 rings (SSSR count). The molecule has 1 aliphatic rings. The molecule has 35 heavy (non-hydrogen) atoms. The van der Waals surface area contributed by atoms with Gasteiger partial charge in [-0.2, -0.15) is 13.2 Å². The van der Waals surface area contributed by atoms with Crippen molar-refractivity contribution in [2.45, 2.75) is 6.18 Å². The third-order valence-electron chi connectivity index (χ3n) is 4.78. The van der Waals surface area contributed by atoms with E-state index in [0.29, 0.717) is 28.8 Å². The van der Waals surface area contributed by atoms with Gasteiger partial charge in [0.15, 0.2) is 0 Å². The van der Waals surface area contributed by atoms with Gasteiger partial charge < -0.3 is 10.1 Å². The summed E-state index contributed by atoms with van der Waals surface area (Å²) < 4.78 is 44.4. The number of hydrogen-bond acceptors (Lipinski definition) is 5. The average molecular weight is 498 g/mol. The molecule has 0 aromatic heterocycles. The van der Waals surface area contributed by atoms with Crippen LogP contribution < -0.4 is 10.1 Å². The lowest BCUT2D eigenvalue weighted by Gasteiger charge is -2.13. The molecule has 10 heteroatoms. The number of rotatable bonds is 6. The second kappa shape index (κ2) is 10.1. The highest BCUT2D eigenvalue weighted by Gasteiger charge is 2.36. The molecule has 0 bridgehead atoms. The molecule has 0 unspecified atom stereocenters. The molecule has 0 saturated carbocycles. The van der Waals surface area contributed by atoms with Gasteiger partial charge in [-0.05, 0) is 65.9 Å². The number of imide groups is 1. The maximum atomic E-state index is 12.9. The van der Waals surface area contributed by atoms with Crippen molar-refractivity contribution in [3.63, 3.8) is 0 Å². The standard InChI is InChI=1S/C25H17F3N2O4S/c26-25(27,28)17-7-5-8-18(14-17)29-22(31)15-30-23(32)21(35-24(30)33)13-16-6-4-11-20(12-16)34-19-9-2-1-3-10-19/h1-14H,15H2,(H,29,31)/b21-13-. The zero-order valence-corrected chi connectivity index (χ0v) is 18.7. The first-order chi connectivity index (χ1) is 16.7. The summed E-state index contributed by atoms with van der Waals surface area (Å²) in [4.78, 5) is 38.2. The average Bonchev–Trinajstić information content (AvgIpc) is 3.07. The molecule has 1 saturated heterocycles. The quantitative estimate of drug-likeness (QED) is 0.411. The van der Waals surface area contributed by atoms with Crippen LogP contribution in [0.25, 0.3) is 6.08 Å². The Bertz CT molecular complexity index is 1310. The van der Waals surface area contributed by atoms with Crippen LogP contribution in [0.5, 0.6) is 11.5 Å². The summed E-state index contributed by atoms with van der Waals surface area (Å²) in [5.41, 5.74) is -0.414. The number of nitrogens with one attached hydrogen (secondary N) is 1. The molecule has 0 aliphatic carbocycles. The van der Waals surface area contributed by atoms with Crippen LogP contribution in [-0.2, 0) is 15.8 Å². The highest BCUT2D eigenvalue weighted by molar-refractivity contribution is 8.18. The van der Waals surface area contributed by atoms with Gasteiger partial charge in [-0.15, -0.1) is 0 Å². The maximum absolute atomic E-state index is 12.9. The third-order valence-corrected chi connectivity index (χ3v) is 5.69. The Hall–Kier alpha value is -4.05. The predicted molar refractivity (Wildman–Crippen MR) is 126 cm³/mol.